The monoisotopic (exact) mass is 294 g/mol. The predicted molar refractivity (Wildman–Crippen MR) is 84.4 cm³/mol. The van der Waals surface area contributed by atoms with Crippen molar-refractivity contribution in [3.63, 3.8) is 0 Å². The molecule has 2 aliphatic rings. The lowest BCUT2D eigenvalue weighted by molar-refractivity contribution is 0.140. The van der Waals surface area contributed by atoms with Gasteiger partial charge in [0.1, 0.15) is 18.0 Å². The number of nitrogens with two attached hydrogens (primary N) is 1. The first-order valence-corrected chi connectivity index (χ1v) is 7.56. The van der Waals surface area contributed by atoms with E-state index < -0.39 is 0 Å². The molecule has 2 heterocycles. The van der Waals surface area contributed by atoms with Gasteiger partial charge in [-0.1, -0.05) is 18.2 Å². The van der Waals surface area contributed by atoms with Crippen LogP contribution in [0.4, 0.5) is 0 Å². The molecule has 4 rings (SSSR count). The van der Waals surface area contributed by atoms with Crippen LogP contribution in [0.25, 0.3) is 11.1 Å². The highest BCUT2D eigenvalue weighted by molar-refractivity contribution is 5.75. The summed E-state index contributed by atoms with van der Waals surface area (Å²) in [7, 11) is 0. The molecule has 1 aromatic carbocycles. The molecule has 0 radical (unpaired) electrons. The fraction of sp³-hybridized carbons (Fsp3) is 0.353. The van der Waals surface area contributed by atoms with Crippen molar-refractivity contribution in [3.05, 3.63) is 48.0 Å². The van der Waals surface area contributed by atoms with Gasteiger partial charge < -0.3 is 10.5 Å². The lowest BCUT2D eigenvalue weighted by Gasteiger charge is -2.35. The van der Waals surface area contributed by atoms with Gasteiger partial charge in [0.15, 0.2) is 0 Å². The molecule has 5 nitrogen and oxygen atoms in total. The number of nitrogens with zero attached hydrogens (tertiary/aromatic N) is 3. The summed E-state index contributed by atoms with van der Waals surface area (Å²) < 4.78 is 5.59. The summed E-state index contributed by atoms with van der Waals surface area (Å²) in [6.45, 7) is 2.06. The van der Waals surface area contributed by atoms with Crippen LogP contribution in [0.5, 0.6) is 0 Å². The summed E-state index contributed by atoms with van der Waals surface area (Å²) in [5.41, 5.74) is 10.6. The highest BCUT2D eigenvalue weighted by atomic mass is 16.5. The van der Waals surface area contributed by atoms with E-state index in [4.69, 9.17) is 10.5 Å². The Kier molecular flexibility index (Phi) is 2.89. The van der Waals surface area contributed by atoms with Gasteiger partial charge in [-0.2, -0.15) is 0 Å². The highest BCUT2D eigenvalue weighted by Gasteiger charge is 2.45. The Hall–Kier alpha value is -2.43. The Morgan fingerprint density at radius 2 is 2.09 bits per heavy atom. The molecule has 1 aliphatic heterocycles. The number of hydrogen-bond donors (Lipinski definition) is 1. The number of ether oxygens (including phenoxy) is 1. The molecular formula is C17H18N4O. The van der Waals surface area contributed by atoms with E-state index in [2.05, 4.69) is 40.1 Å². The second-order valence-electron chi connectivity index (χ2n) is 6.06. The van der Waals surface area contributed by atoms with E-state index in [0.717, 1.165) is 24.8 Å². The normalized spacial score (nSPS) is 26.4. The molecule has 112 valence electrons. The van der Waals surface area contributed by atoms with E-state index in [0.29, 0.717) is 6.02 Å². The molecule has 2 atom stereocenters. The number of rotatable bonds is 1. The number of aliphatic imine (C=N–C) groups is 1. The fourth-order valence-electron chi connectivity index (χ4n) is 3.63. The standard InChI is InChI=1S/C17H18N4O/c1-11-17(21-16(18)22-11)6-5-15-12(7-17)3-2-4-14(15)13-8-19-10-20-9-13/h2-4,8-11H,5-7H2,1H3,(H2,18,21)/t11-,17-/m0/s1. The van der Waals surface area contributed by atoms with Crippen LogP contribution in [0.15, 0.2) is 41.9 Å². The van der Waals surface area contributed by atoms with E-state index in [1.165, 1.54) is 16.7 Å². The van der Waals surface area contributed by atoms with Gasteiger partial charge in [-0.05, 0) is 36.5 Å². The largest absolute Gasteiger partial charge is 0.460 e. The van der Waals surface area contributed by atoms with Crippen LogP contribution < -0.4 is 5.73 Å². The number of benzene rings is 1. The van der Waals surface area contributed by atoms with Gasteiger partial charge in [-0.15, -0.1) is 0 Å². The molecular weight excluding hydrogens is 276 g/mol. The summed E-state index contributed by atoms with van der Waals surface area (Å²) in [6, 6.07) is 6.74. The zero-order chi connectivity index (χ0) is 15.2. The van der Waals surface area contributed by atoms with Gasteiger partial charge in [0, 0.05) is 24.4 Å². The molecule has 0 amide bonds. The third kappa shape index (κ3) is 1.96. The van der Waals surface area contributed by atoms with Crippen LogP contribution in [0, 0.1) is 0 Å². The minimum absolute atomic E-state index is 0.0318. The van der Waals surface area contributed by atoms with Gasteiger partial charge in [0.2, 0.25) is 0 Å². The Morgan fingerprint density at radius 3 is 2.82 bits per heavy atom. The molecule has 2 aromatic rings. The summed E-state index contributed by atoms with van der Waals surface area (Å²) in [4.78, 5) is 12.9. The molecule has 0 unspecified atom stereocenters. The fourth-order valence-corrected chi connectivity index (χ4v) is 3.63. The highest BCUT2D eigenvalue weighted by Crippen LogP contribution is 2.41. The van der Waals surface area contributed by atoms with Crippen LogP contribution in [-0.4, -0.2) is 27.6 Å². The minimum Gasteiger partial charge on any atom is -0.460 e. The number of amidine groups is 1. The quantitative estimate of drug-likeness (QED) is 0.874. The Morgan fingerprint density at radius 1 is 1.27 bits per heavy atom. The first-order valence-electron chi connectivity index (χ1n) is 7.56. The van der Waals surface area contributed by atoms with Gasteiger partial charge in [-0.3, -0.25) is 0 Å². The SMILES string of the molecule is C[C@@H]1OC(N)=N[C@]12CCc1c(cccc1-c1cncnc1)C2. The maximum absolute atomic E-state index is 5.78. The van der Waals surface area contributed by atoms with Crippen molar-refractivity contribution >= 4 is 6.02 Å². The van der Waals surface area contributed by atoms with E-state index in [1.807, 2.05) is 12.4 Å². The van der Waals surface area contributed by atoms with Crippen molar-refractivity contribution in [3.8, 4) is 11.1 Å². The van der Waals surface area contributed by atoms with Gasteiger partial charge in [-0.25, -0.2) is 15.0 Å². The molecule has 2 N–H and O–H groups in total. The molecule has 22 heavy (non-hydrogen) atoms. The first-order chi connectivity index (χ1) is 10.7. The topological polar surface area (TPSA) is 73.4 Å². The molecule has 1 spiro atoms. The summed E-state index contributed by atoms with van der Waals surface area (Å²) in [5.74, 6) is 0. The molecule has 0 saturated heterocycles. The minimum atomic E-state index is -0.205. The lowest BCUT2D eigenvalue weighted by atomic mass is 9.74. The average molecular weight is 294 g/mol. The summed E-state index contributed by atoms with van der Waals surface area (Å²) in [6.07, 6.45) is 8.10. The summed E-state index contributed by atoms with van der Waals surface area (Å²) >= 11 is 0. The van der Waals surface area contributed by atoms with Gasteiger partial charge in [0.25, 0.3) is 6.02 Å². The second-order valence-corrected chi connectivity index (χ2v) is 6.06. The molecule has 0 bridgehead atoms. The summed E-state index contributed by atoms with van der Waals surface area (Å²) in [5, 5.41) is 0. The van der Waals surface area contributed by atoms with E-state index >= 15 is 0 Å². The maximum Gasteiger partial charge on any atom is 0.282 e. The van der Waals surface area contributed by atoms with E-state index in [-0.39, 0.29) is 11.6 Å². The van der Waals surface area contributed by atoms with Crippen LogP contribution in [-0.2, 0) is 17.6 Å². The number of aromatic nitrogens is 2. The van der Waals surface area contributed by atoms with Crippen molar-refractivity contribution in [2.45, 2.75) is 37.8 Å². The molecule has 1 aromatic heterocycles. The number of fused-ring (bicyclic) bond motifs is 1. The lowest BCUT2D eigenvalue weighted by Crippen LogP contribution is -2.41. The third-order valence-corrected chi connectivity index (χ3v) is 4.84. The van der Waals surface area contributed by atoms with Crippen LogP contribution >= 0.6 is 0 Å². The van der Waals surface area contributed by atoms with Crippen LogP contribution in [0.3, 0.4) is 0 Å². The molecule has 1 aliphatic carbocycles. The Labute approximate surface area is 129 Å². The van der Waals surface area contributed by atoms with E-state index in [9.17, 15) is 0 Å². The van der Waals surface area contributed by atoms with Gasteiger partial charge >= 0.3 is 0 Å². The average Bonchev–Trinajstić information content (AvgIpc) is 2.80. The van der Waals surface area contributed by atoms with Crippen molar-refractivity contribution < 1.29 is 4.74 Å². The predicted octanol–water partition coefficient (Wildman–Crippen LogP) is 2.10. The zero-order valence-corrected chi connectivity index (χ0v) is 12.5. The molecule has 0 saturated carbocycles. The smallest absolute Gasteiger partial charge is 0.282 e. The first kappa shape index (κ1) is 13.2. The van der Waals surface area contributed by atoms with Crippen molar-refractivity contribution in [2.24, 2.45) is 10.7 Å². The van der Waals surface area contributed by atoms with Crippen LogP contribution in [0.1, 0.15) is 24.5 Å². The maximum atomic E-state index is 5.78. The Balaban J connectivity index is 1.76. The molecule has 5 heteroatoms. The van der Waals surface area contributed by atoms with Crippen molar-refractivity contribution in [1.29, 1.82) is 0 Å². The zero-order valence-electron chi connectivity index (χ0n) is 12.5. The molecule has 0 fully saturated rings. The van der Waals surface area contributed by atoms with Crippen molar-refractivity contribution in [2.75, 3.05) is 0 Å². The second kappa shape index (κ2) is 4.80. The van der Waals surface area contributed by atoms with Gasteiger partial charge in [0.05, 0.1) is 0 Å². The Bertz CT molecular complexity index is 744. The van der Waals surface area contributed by atoms with E-state index in [1.54, 1.807) is 6.33 Å². The van der Waals surface area contributed by atoms with Crippen LogP contribution in [0.2, 0.25) is 0 Å². The number of hydrogen-bond acceptors (Lipinski definition) is 5. The third-order valence-electron chi connectivity index (χ3n) is 4.84. The van der Waals surface area contributed by atoms with Crippen molar-refractivity contribution in [1.82, 2.24) is 9.97 Å².